The summed E-state index contributed by atoms with van der Waals surface area (Å²) >= 11 is 0. The highest BCUT2D eigenvalue weighted by Gasteiger charge is 2.17. The van der Waals surface area contributed by atoms with Crippen LogP contribution < -0.4 is 10.1 Å². The van der Waals surface area contributed by atoms with Crippen LogP contribution >= 0.6 is 0 Å². The topological polar surface area (TPSA) is 69.3 Å². The summed E-state index contributed by atoms with van der Waals surface area (Å²) in [4.78, 5) is 8.94. The average molecular weight is 348 g/mol. The average Bonchev–Trinajstić information content (AvgIpc) is 3.20. The predicted octanol–water partition coefficient (Wildman–Crippen LogP) is 3.06. The van der Waals surface area contributed by atoms with Gasteiger partial charge in [-0.15, -0.1) is 0 Å². The van der Waals surface area contributed by atoms with E-state index >= 15 is 0 Å². The lowest BCUT2D eigenvalue weighted by atomic mass is 10.2. The van der Waals surface area contributed by atoms with Gasteiger partial charge in [0.1, 0.15) is 17.3 Å². The fraction of sp³-hybridized carbons (Fsp3) is 0.211. The molecular weight excluding hydrogens is 328 g/mol. The van der Waals surface area contributed by atoms with E-state index in [9.17, 15) is 0 Å². The van der Waals surface area contributed by atoms with Gasteiger partial charge in [-0.05, 0) is 24.6 Å². The summed E-state index contributed by atoms with van der Waals surface area (Å²) in [6, 6.07) is 8.01. The summed E-state index contributed by atoms with van der Waals surface area (Å²) in [5.74, 6) is 1.77. The van der Waals surface area contributed by atoms with Crippen molar-refractivity contribution in [1.82, 2.24) is 24.1 Å². The minimum atomic E-state index is 0.673. The third-order valence-corrected chi connectivity index (χ3v) is 4.54. The van der Waals surface area contributed by atoms with E-state index in [1.165, 1.54) is 0 Å². The van der Waals surface area contributed by atoms with Gasteiger partial charge in [-0.3, -0.25) is 14.1 Å². The summed E-state index contributed by atoms with van der Waals surface area (Å²) in [5, 5.41) is 7.87. The smallest absolute Gasteiger partial charge is 0.157 e. The molecule has 26 heavy (non-hydrogen) atoms. The molecule has 1 aromatic carbocycles. The Morgan fingerprint density at radius 3 is 2.65 bits per heavy atom. The molecule has 0 atom stereocenters. The minimum Gasteiger partial charge on any atom is -0.497 e. The molecule has 0 aliphatic rings. The molecule has 3 aromatic heterocycles. The number of rotatable bonds is 5. The number of fused-ring (bicyclic) bond motifs is 1. The lowest BCUT2D eigenvalue weighted by molar-refractivity contribution is 0.414. The SMILES string of the molecule is COc1ccc(CNc2c(-c3cnn(C)c3C)nc3cnccn23)cc1. The first-order valence-corrected chi connectivity index (χ1v) is 8.35. The van der Waals surface area contributed by atoms with Gasteiger partial charge in [0.25, 0.3) is 0 Å². The molecule has 4 rings (SSSR count). The number of nitrogens with one attached hydrogen (secondary N) is 1. The normalized spacial score (nSPS) is 11.0. The highest BCUT2D eigenvalue weighted by molar-refractivity contribution is 5.77. The number of hydrogen-bond donors (Lipinski definition) is 1. The molecule has 3 heterocycles. The van der Waals surface area contributed by atoms with Crippen molar-refractivity contribution in [2.45, 2.75) is 13.5 Å². The van der Waals surface area contributed by atoms with Crippen molar-refractivity contribution in [3.63, 3.8) is 0 Å². The van der Waals surface area contributed by atoms with Crippen LogP contribution in [-0.2, 0) is 13.6 Å². The molecule has 0 amide bonds. The van der Waals surface area contributed by atoms with Gasteiger partial charge < -0.3 is 10.1 Å². The minimum absolute atomic E-state index is 0.673. The molecule has 0 saturated carbocycles. The monoisotopic (exact) mass is 348 g/mol. The Labute approximate surface area is 151 Å². The number of hydrogen-bond acceptors (Lipinski definition) is 5. The Bertz CT molecular complexity index is 1050. The van der Waals surface area contributed by atoms with Crippen molar-refractivity contribution in [3.8, 4) is 17.0 Å². The van der Waals surface area contributed by atoms with Crippen molar-refractivity contribution in [2.75, 3.05) is 12.4 Å². The number of nitrogens with zero attached hydrogens (tertiary/aromatic N) is 5. The molecule has 4 aromatic rings. The first-order valence-electron chi connectivity index (χ1n) is 8.35. The maximum absolute atomic E-state index is 5.22. The van der Waals surface area contributed by atoms with Crippen LogP contribution in [0.3, 0.4) is 0 Å². The number of aryl methyl sites for hydroxylation is 1. The van der Waals surface area contributed by atoms with Gasteiger partial charge in [-0.25, -0.2) is 4.98 Å². The van der Waals surface area contributed by atoms with Crippen LogP contribution in [-0.4, -0.2) is 31.3 Å². The van der Waals surface area contributed by atoms with E-state index in [1.54, 1.807) is 19.5 Å². The van der Waals surface area contributed by atoms with Crippen molar-refractivity contribution in [2.24, 2.45) is 7.05 Å². The molecule has 132 valence electrons. The molecular formula is C19H20N6O. The van der Waals surface area contributed by atoms with Crippen LogP contribution in [0, 0.1) is 6.92 Å². The van der Waals surface area contributed by atoms with Gasteiger partial charge in [-0.2, -0.15) is 5.10 Å². The number of methoxy groups -OCH3 is 1. The molecule has 1 N–H and O–H groups in total. The summed E-state index contributed by atoms with van der Waals surface area (Å²) < 4.78 is 9.08. The quantitative estimate of drug-likeness (QED) is 0.600. The fourth-order valence-corrected chi connectivity index (χ4v) is 2.92. The fourth-order valence-electron chi connectivity index (χ4n) is 2.92. The van der Waals surface area contributed by atoms with Crippen molar-refractivity contribution in [3.05, 3.63) is 60.3 Å². The Kier molecular flexibility index (Phi) is 4.04. The molecule has 0 saturated heterocycles. The van der Waals surface area contributed by atoms with Crippen LogP contribution in [0.4, 0.5) is 5.82 Å². The molecule has 0 aliphatic carbocycles. The van der Waals surface area contributed by atoms with E-state index in [0.717, 1.165) is 39.7 Å². The van der Waals surface area contributed by atoms with Crippen LogP contribution in [0.5, 0.6) is 5.75 Å². The Hall–Kier alpha value is -3.35. The zero-order chi connectivity index (χ0) is 18.1. The van der Waals surface area contributed by atoms with E-state index in [4.69, 9.17) is 9.72 Å². The van der Waals surface area contributed by atoms with Gasteiger partial charge in [0.05, 0.1) is 19.5 Å². The second kappa shape index (κ2) is 6.51. The summed E-state index contributed by atoms with van der Waals surface area (Å²) in [6.07, 6.45) is 7.28. The third kappa shape index (κ3) is 2.77. The van der Waals surface area contributed by atoms with Gasteiger partial charge in [0.2, 0.25) is 0 Å². The Balaban J connectivity index is 1.72. The molecule has 7 heteroatoms. The van der Waals surface area contributed by atoms with E-state index < -0.39 is 0 Å². The van der Waals surface area contributed by atoms with Gasteiger partial charge in [0.15, 0.2) is 5.65 Å². The molecule has 0 aliphatic heterocycles. The first-order chi connectivity index (χ1) is 12.7. The molecule has 0 fully saturated rings. The molecule has 0 unspecified atom stereocenters. The van der Waals surface area contributed by atoms with Crippen LogP contribution in [0.2, 0.25) is 0 Å². The van der Waals surface area contributed by atoms with Crippen molar-refractivity contribution in [1.29, 1.82) is 0 Å². The number of benzene rings is 1. The zero-order valence-electron chi connectivity index (χ0n) is 15.0. The van der Waals surface area contributed by atoms with Crippen molar-refractivity contribution >= 4 is 11.5 Å². The van der Waals surface area contributed by atoms with Crippen LogP contribution in [0.15, 0.2) is 49.1 Å². The summed E-state index contributed by atoms with van der Waals surface area (Å²) in [5.41, 5.74) is 4.89. The molecule has 0 spiro atoms. The lowest BCUT2D eigenvalue weighted by Crippen LogP contribution is -2.03. The molecule has 0 radical (unpaired) electrons. The van der Waals surface area contributed by atoms with E-state index in [-0.39, 0.29) is 0 Å². The van der Waals surface area contributed by atoms with E-state index in [0.29, 0.717) is 6.54 Å². The largest absolute Gasteiger partial charge is 0.497 e. The van der Waals surface area contributed by atoms with Crippen molar-refractivity contribution < 1.29 is 4.74 Å². The standard InChI is InChI=1S/C19H20N6O/c1-13-16(11-22-24(13)2)18-19(25-9-8-20-12-17(25)23-18)21-10-14-4-6-15(26-3)7-5-14/h4-9,11-12,21H,10H2,1-3H3. The number of ether oxygens (including phenoxy) is 1. The first kappa shape index (κ1) is 16.1. The Morgan fingerprint density at radius 2 is 1.96 bits per heavy atom. The Morgan fingerprint density at radius 1 is 1.15 bits per heavy atom. The number of anilines is 1. The third-order valence-electron chi connectivity index (χ3n) is 4.54. The maximum atomic E-state index is 5.22. The highest BCUT2D eigenvalue weighted by atomic mass is 16.5. The zero-order valence-corrected chi connectivity index (χ0v) is 15.0. The summed E-state index contributed by atoms with van der Waals surface area (Å²) in [6.45, 7) is 2.71. The van der Waals surface area contributed by atoms with Gasteiger partial charge in [0, 0.05) is 37.2 Å². The van der Waals surface area contributed by atoms with E-state index in [1.807, 2.05) is 59.7 Å². The summed E-state index contributed by atoms with van der Waals surface area (Å²) in [7, 11) is 3.60. The van der Waals surface area contributed by atoms with Gasteiger partial charge >= 0.3 is 0 Å². The second-order valence-electron chi connectivity index (χ2n) is 6.08. The van der Waals surface area contributed by atoms with Crippen LogP contribution in [0.1, 0.15) is 11.3 Å². The number of imidazole rings is 1. The molecule has 7 nitrogen and oxygen atoms in total. The maximum Gasteiger partial charge on any atom is 0.157 e. The second-order valence-corrected chi connectivity index (χ2v) is 6.08. The van der Waals surface area contributed by atoms with Gasteiger partial charge in [-0.1, -0.05) is 12.1 Å². The highest BCUT2D eigenvalue weighted by Crippen LogP contribution is 2.30. The van der Waals surface area contributed by atoms with Crippen LogP contribution in [0.25, 0.3) is 16.9 Å². The number of aromatic nitrogens is 5. The molecule has 0 bridgehead atoms. The lowest BCUT2D eigenvalue weighted by Gasteiger charge is -2.09. The predicted molar refractivity (Wildman–Crippen MR) is 100 cm³/mol. The van der Waals surface area contributed by atoms with E-state index in [2.05, 4.69) is 15.4 Å².